The van der Waals surface area contributed by atoms with Crippen LogP contribution in [0.4, 0.5) is 0 Å². The van der Waals surface area contributed by atoms with Gasteiger partial charge in [0.15, 0.2) is 9.84 Å². The zero-order chi connectivity index (χ0) is 14.9. The Kier molecular flexibility index (Phi) is 4.63. The van der Waals surface area contributed by atoms with Gasteiger partial charge in [-0.25, -0.2) is 8.42 Å². The lowest BCUT2D eigenvalue weighted by Crippen LogP contribution is -2.49. The average Bonchev–Trinajstić information content (AvgIpc) is 3.03. The Morgan fingerprint density at radius 3 is 2.62 bits per heavy atom. The summed E-state index contributed by atoms with van der Waals surface area (Å²) in [6.07, 6.45) is 8.02. The molecular formula is C16H29NO3S. The van der Waals surface area contributed by atoms with E-state index in [1.54, 1.807) is 0 Å². The molecule has 0 aromatic rings. The van der Waals surface area contributed by atoms with Gasteiger partial charge in [0, 0.05) is 12.6 Å². The molecule has 1 spiro atoms. The Labute approximate surface area is 128 Å². The van der Waals surface area contributed by atoms with Crippen LogP contribution in [0.25, 0.3) is 0 Å². The first-order valence-corrected chi connectivity index (χ1v) is 10.4. The third-order valence-electron chi connectivity index (χ3n) is 5.77. The maximum atomic E-state index is 11.8. The molecule has 1 N–H and O–H groups in total. The first-order valence-electron chi connectivity index (χ1n) is 8.61. The normalized spacial score (nSPS) is 36.0. The van der Waals surface area contributed by atoms with Crippen LogP contribution in [0.1, 0.15) is 51.9 Å². The Morgan fingerprint density at radius 2 is 2.00 bits per heavy atom. The van der Waals surface area contributed by atoms with Crippen molar-refractivity contribution in [3.8, 4) is 0 Å². The topological polar surface area (TPSA) is 55.4 Å². The molecule has 5 heteroatoms. The van der Waals surface area contributed by atoms with Crippen LogP contribution in [0.3, 0.4) is 0 Å². The van der Waals surface area contributed by atoms with Gasteiger partial charge in [0.25, 0.3) is 0 Å². The summed E-state index contributed by atoms with van der Waals surface area (Å²) >= 11 is 0. The van der Waals surface area contributed by atoms with E-state index in [1.807, 2.05) is 0 Å². The quantitative estimate of drug-likeness (QED) is 0.863. The molecule has 3 aliphatic rings. The fourth-order valence-electron chi connectivity index (χ4n) is 4.80. The van der Waals surface area contributed by atoms with E-state index in [0.29, 0.717) is 29.4 Å². The van der Waals surface area contributed by atoms with E-state index < -0.39 is 9.84 Å². The zero-order valence-corrected chi connectivity index (χ0v) is 14.0. The zero-order valence-electron chi connectivity index (χ0n) is 13.1. The molecule has 122 valence electrons. The van der Waals surface area contributed by atoms with Gasteiger partial charge in [0.05, 0.1) is 17.1 Å². The summed E-state index contributed by atoms with van der Waals surface area (Å²) in [4.78, 5) is 0. The van der Waals surface area contributed by atoms with Crippen molar-refractivity contribution in [2.24, 2.45) is 11.8 Å². The van der Waals surface area contributed by atoms with Gasteiger partial charge in [-0.2, -0.15) is 0 Å². The fraction of sp³-hybridized carbons (Fsp3) is 1.00. The second kappa shape index (κ2) is 6.17. The summed E-state index contributed by atoms with van der Waals surface area (Å²) in [6, 6.07) is 0.355. The molecule has 0 radical (unpaired) electrons. The highest BCUT2D eigenvalue weighted by Crippen LogP contribution is 2.44. The molecular weight excluding hydrogens is 286 g/mol. The minimum Gasteiger partial charge on any atom is -0.375 e. The lowest BCUT2D eigenvalue weighted by molar-refractivity contribution is -0.100. The predicted molar refractivity (Wildman–Crippen MR) is 84.1 cm³/mol. The molecule has 3 unspecified atom stereocenters. The first kappa shape index (κ1) is 15.8. The van der Waals surface area contributed by atoms with E-state index in [1.165, 1.54) is 25.7 Å². The van der Waals surface area contributed by atoms with Gasteiger partial charge in [-0.3, -0.25) is 0 Å². The minimum atomic E-state index is -2.80. The Bertz CT molecular complexity index is 456. The summed E-state index contributed by atoms with van der Waals surface area (Å²) in [7, 11) is -2.80. The third-order valence-corrected chi connectivity index (χ3v) is 7.56. The molecule has 1 aliphatic carbocycles. The summed E-state index contributed by atoms with van der Waals surface area (Å²) < 4.78 is 29.8. The molecule has 0 amide bonds. The Morgan fingerprint density at radius 1 is 1.24 bits per heavy atom. The summed E-state index contributed by atoms with van der Waals surface area (Å²) in [5.41, 5.74) is 0.119. The molecule has 4 nitrogen and oxygen atoms in total. The predicted octanol–water partition coefficient (Wildman–Crippen LogP) is 2.14. The van der Waals surface area contributed by atoms with Crippen molar-refractivity contribution in [3.63, 3.8) is 0 Å². The highest BCUT2D eigenvalue weighted by atomic mass is 32.2. The van der Waals surface area contributed by atoms with Crippen LogP contribution < -0.4 is 5.32 Å². The van der Waals surface area contributed by atoms with Crippen molar-refractivity contribution in [1.29, 1.82) is 0 Å². The lowest BCUT2D eigenvalue weighted by atomic mass is 9.76. The summed E-state index contributed by atoms with van der Waals surface area (Å²) in [6.45, 7) is 3.90. The summed E-state index contributed by atoms with van der Waals surface area (Å²) in [5, 5.41) is 3.62. The fourth-order valence-corrected chi connectivity index (χ4v) is 6.66. The van der Waals surface area contributed by atoms with Gasteiger partial charge in [0.2, 0.25) is 0 Å². The van der Waals surface area contributed by atoms with Crippen LogP contribution in [0.5, 0.6) is 0 Å². The van der Waals surface area contributed by atoms with Crippen molar-refractivity contribution in [2.75, 3.05) is 24.7 Å². The average molecular weight is 315 g/mol. The van der Waals surface area contributed by atoms with E-state index in [2.05, 4.69) is 12.2 Å². The van der Waals surface area contributed by atoms with Gasteiger partial charge in [-0.05, 0) is 50.5 Å². The van der Waals surface area contributed by atoms with Crippen LogP contribution in [-0.4, -0.2) is 44.7 Å². The second-order valence-electron chi connectivity index (χ2n) is 7.24. The maximum absolute atomic E-state index is 11.8. The molecule has 3 atom stereocenters. The number of sulfone groups is 1. The number of nitrogens with one attached hydrogen (secondary N) is 1. The molecule has 0 aromatic carbocycles. The monoisotopic (exact) mass is 315 g/mol. The number of hydrogen-bond acceptors (Lipinski definition) is 4. The SMILES string of the molecule is CCNC(C1CCOC2(CCCC2)C1)C1CCS(=O)(=O)C1. The van der Waals surface area contributed by atoms with Crippen molar-refractivity contribution in [3.05, 3.63) is 0 Å². The van der Waals surface area contributed by atoms with Crippen LogP contribution in [0.2, 0.25) is 0 Å². The second-order valence-corrected chi connectivity index (χ2v) is 9.47. The van der Waals surface area contributed by atoms with Crippen molar-refractivity contribution < 1.29 is 13.2 Å². The van der Waals surface area contributed by atoms with E-state index in [0.717, 1.165) is 32.4 Å². The lowest BCUT2D eigenvalue weighted by Gasteiger charge is -2.43. The molecule has 0 aromatic heterocycles. The van der Waals surface area contributed by atoms with Gasteiger partial charge in [-0.1, -0.05) is 19.8 Å². The molecule has 3 fully saturated rings. The third kappa shape index (κ3) is 3.45. The molecule has 21 heavy (non-hydrogen) atoms. The smallest absolute Gasteiger partial charge is 0.150 e. The van der Waals surface area contributed by atoms with Gasteiger partial charge in [-0.15, -0.1) is 0 Å². The van der Waals surface area contributed by atoms with Crippen molar-refractivity contribution in [1.82, 2.24) is 5.32 Å². The van der Waals surface area contributed by atoms with E-state index in [-0.39, 0.29) is 5.60 Å². The molecule has 2 heterocycles. The number of hydrogen-bond donors (Lipinski definition) is 1. The Hall–Kier alpha value is -0.130. The first-order chi connectivity index (χ1) is 10.0. The molecule has 0 bridgehead atoms. The maximum Gasteiger partial charge on any atom is 0.150 e. The summed E-state index contributed by atoms with van der Waals surface area (Å²) in [5.74, 6) is 1.65. The molecule has 3 rings (SSSR count). The molecule has 2 saturated heterocycles. The van der Waals surface area contributed by atoms with Crippen molar-refractivity contribution >= 4 is 9.84 Å². The Balaban J connectivity index is 1.71. The van der Waals surface area contributed by atoms with E-state index >= 15 is 0 Å². The number of rotatable bonds is 4. The van der Waals surface area contributed by atoms with Crippen LogP contribution in [0.15, 0.2) is 0 Å². The van der Waals surface area contributed by atoms with Crippen LogP contribution in [-0.2, 0) is 14.6 Å². The van der Waals surface area contributed by atoms with Crippen LogP contribution >= 0.6 is 0 Å². The standard InChI is InChI=1S/C16H29NO3S/c1-2-17-15(14-6-10-21(18,19)12-14)13-5-9-20-16(11-13)7-3-4-8-16/h13-15,17H,2-12H2,1H3. The minimum absolute atomic E-state index is 0.119. The largest absolute Gasteiger partial charge is 0.375 e. The highest BCUT2D eigenvalue weighted by Gasteiger charge is 2.45. The number of ether oxygens (including phenoxy) is 1. The van der Waals surface area contributed by atoms with Gasteiger partial charge >= 0.3 is 0 Å². The highest BCUT2D eigenvalue weighted by molar-refractivity contribution is 7.91. The van der Waals surface area contributed by atoms with Gasteiger partial charge in [0.1, 0.15) is 0 Å². The van der Waals surface area contributed by atoms with Crippen LogP contribution in [0, 0.1) is 11.8 Å². The molecule has 2 aliphatic heterocycles. The van der Waals surface area contributed by atoms with Gasteiger partial charge < -0.3 is 10.1 Å². The van der Waals surface area contributed by atoms with E-state index in [4.69, 9.17) is 4.74 Å². The van der Waals surface area contributed by atoms with Crippen molar-refractivity contribution in [2.45, 2.75) is 63.5 Å². The molecule has 1 saturated carbocycles. The van der Waals surface area contributed by atoms with E-state index in [9.17, 15) is 8.42 Å².